The van der Waals surface area contributed by atoms with Crippen LogP contribution in [-0.4, -0.2) is 54.8 Å². The van der Waals surface area contributed by atoms with E-state index in [0.29, 0.717) is 30.2 Å². The summed E-state index contributed by atoms with van der Waals surface area (Å²) in [4.78, 5) is 15.5. The third-order valence-corrected chi connectivity index (χ3v) is 11.5. The minimum Gasteiger partial charge on any atom is -0.494 e. The quantitative estimate of drug-likeness (QED) is 0.0624. The van der Waals surface area contributed by atoms with Crippen molar-refractivity contribution in [1.29, 1.82) is 0 Å². The van der Waals surface area contributed by atoms with Gasteiger partial charge in [0.15, 0.2) is 11.6 Å². The molecule has 328 valence electrons. The van der Waals surface area contributed by atoms with Gasteiger partial charge in [0.25, 0.3) is 0 Å². The third-order valence-electron chi connectivity index (χ3n) is 11.1. The van der Waals surface area contributed by atoms with Crippen LogP contribution in [0.1, 0.15) is 71.4 Å². The second kappa shape index (κ2) is 22.0. The Bertz CT molecular complexity index is 2310. The molecular formula is C54H57ClO8. The molecule has 0 aromatic heterocycles. The van der Waals surface area contributed by atoms with Gasteiger partial charge in [-0.25, -0.2) is 0 Å². The van der Waals surface area contributed by atoms with Crippen molar-refractivity contribution in [3.63, 3.8) is 0 Å². The predicted molar refractivity (Wildman–Crippen MR) is 246 cm³/mol. The molecule has 5 atom stereocenters. The largest absolute Gasteiger partial charge is 0.494 e. The number of benzene rings is 6. The van der Waals surface area contributed by atoms with Crippen LogP contribution in [0.15, 0.2) is 164 Å². The summed E-state index contributed by atoms with van der Waals surface area (Å²) in [6, 6.07) is 52.8. The number of hydrogen-bond donors (Lipinski definition) is 0. The van der Waals surface area contributed by atoms with E-state index in [1.165, 1.54) is 0 Å². The molecule has 8 nitrogen and oxygen atoms in total. The topological polar surface area (TPSA) is 81.7 Å². The van der Waals surface area contributed by atoms with Crippen molar-refractivity contribution >= 4 is 17.4 Å². The van der Waals surface area contributed by atoms with Crippen LogP contribution in [-0.2, 0) is 61.3 Å². The van der Waals surface area contributed by atoms with E-state index >= 15 is 4.79 Å². The Morgan fingerprint density at radius 2 is 1.17 bits per heavy atom. The van der Waals surface area contributed by atoms with Gasteiger partial charge in [-0.1, -0.05) is 145 Å². The first-order chi connectivity index (χ1) is 30.6. The number of ketones is 1. The molecule has 0 spiro atoms. The van der Waals surface area contributed by atoms with Gasteiger partial charge in [-0.3, -0.25) is 4.79 Å². The zero-order valence-corrected chi connectivity index (χ0v) is 37.2. The van der Waals surface area contributed by atoms with Crippen LogP contribution in [0.2, 0.25) is 5.02 Å². The fourth-order valence-corrected chi connectivity index (χ4v) is 8.27. The fourth-order valence-electron chi connectivity index (χ4n) is 8.08. The molecule has 0 unspecified atom stereocenters. The highest BCUT2D eigenvalue weighted by molar-refractivity contribution is 6.31. The van der Waals surface area contributed by atoms with Crippen molar-refractivity contribution in [2.75, 3.05) is 13.2 Å². The number of hydrogen-bond acceptors (Lipinski definition) is 8. The summed E-state index contributed by atoms with van der Waals surface area (Å²) in [6.45, 7) is 9.08. The standard InChI is InChI=1S/C54H57ClO8/c1-5-58-47-29-26-40(27-30-47)32-46-33-45(28-31-48(46)55)49(56)50(59-35-42-20-12-7-13-21-42)51(60-36-43-22-14-8-15-23-43)52(61-37-44-24-16-9-17-25-44)54(39(2)62-53(3,4)63-54)38-57-34-41-18-10-6-11-19-41/h6-31,33,39,50-52H,5,32,34-38H2,1-4H3/t39-,50+,51-,52+,54-/m1/s1. The Hall–Kier alpha value is -5.16. The smallest absolute Gasteiger partial charge is 0.194 e. The van der Waals surface area contributed by atoms with E-state index in [1.807, 2.05) is 179 Å². The molecule has 6 aromatic carbocycles. The van der Waals surface area contributed by atoms with Crippen LogP contribution in [0.3, 0.4) is 0 Å². The summed E-state index contributed by atoms with van der Waals surface area (Å²) in [5.41, 5.74) is 4.67. The summed E-state index contributed by atoms with van der Waals surface area (Å²) in [5.74, 6) is -0.546. The van der Waals surface area contributed by atoms with Crippen LogP contribution in [0, 0.1) is 0 Å². The van der Waals surface area contributed by atoms with Crippen molar-refractivity contribution in [2.45, 2.75) is 96.3 Å². The van der Waals surface area contributed by atoms with Gasteiger partial charge in [-0.2, -0.15) is 0 Å². The molecule has 0 aliphatic carbocycles. The highest BCUT2D eigenvalue weighted by atomic mass is 35.5. The molecule has 1 heterocycles. The lowest BCUT2D eigenvalue weighted by molar-refractivity contribution is -0.246. The summed E-state index contributed by atoms with van der Waals surface area (Å²) in [6.07, 6.45) is -3.32. The van der Waals surface area contributed by atoms with Crippen LogP contribution in [0.25, 0.3) is 0 Å². The first-order valence-corrected chi connectivity index (χ1v) is 22.0. The molecular weight excluding hydrogens is 812 g/mol. The molecule has 0 saturated carbocycles. The number of carbonyl (C=O) groups excluding carboxylic acids is 1. The Kier molecular flexibility index (Phi) is 16.0. The lowest BCUT2D eigenvalue weighted by Gasteiger charge is -2.44. The van der Waals surface area contributed by atoms with Crippen LogP contribution in [0.5, 0.6) is 5.75 Å². The average molecular weight is 869 g/mol. The lowest BCUT2D eigenvalue weighted by Crippen LogP contribution is -2.63. The van der Waals surface area contributed by atoms with E-state index in [2.05, 4.69) is 0 Å². The van der Waals surface area contributed by atoms with E-state index in [4.69, 9.17) is 44.8 Å². The molecule has 9 heteroatoms. The third kappa shape index (κ3) is 12.3. The van der Waals surface area contributed by atoms with Crippen molar-refractivity contribution < 1.29 is 38.0 Å². The molecule has 1 aliphatic rings. The van der Waals surface area contributed by atoms with E-state index in [0.717, 1.165) is 39.1 Å². The number of rotatable bonds is 22. The minimum atomic E-state index is -1.29. The zero-order valence-electron chi connectivity index (χ0n) is 36.5. The lowest BCUT2D eigenvalue weighted by atomic mass is 9.84. The normalized spacial score (nSPS) is 18.4. The number of ether oxygens (including phenoxy) is 7. The van der Waals surface area contributed by atoms with Crippen LogP contribution in [0.4, 0.5) is 0 Å². The first kappa shape index (κ1) is 45.9. The van der Waals surface area contributed by atoms with Crippen molar-refractivity contribution in [2.24, 2.45) is 0 Å². The minimum absolute atomic E-state index is 0.0594. The number of carbonyl (C=O) groups is 1. The molecule has 0 radical (unpaired) electrons. The molecule has 0 N–H and O–H groups in total. The second-order valence-electron chi connectivity index (χ2n) is 16.3. The van der Waals surface area contributed by atoms with Gasteiger partial charge >= 0.3 is 0 Å². The van der Waals surface area contributed by atoms with Gasteiger partial charge in [-0.05, 0) is 97.8 Å². The monoisotopic (exact) mass is 868 g/mol. The summed E-state index contributed by atoms with van der Waals surface area (Å²) >= 11 is 6.87. The van der Waals surface area contributed by atoms with Gasteiger partial charge in [0, 0.05) is 10.6 Å². The SMILES string of the molecule is CCOc1ccc(Cc2cc(C(=O)[C@H](OCc3ccccc3)[C@@H](OCc3ccccc3)[C@H](OCc3ccccc3)[C@]3(COCc4ccccc4)OC(C)(C)O[C@@H]3C)ccc2Cl)cc1. The van der Waals surface area contributed by atoms with Crippen molar-refractivity contribution in [3.05, 3.63) is 208 Å². The Balaban J connectivity index is 1.33. The fraction of sp³-hybridized carbons (Fsp3) is 0.315. The van der Waals surface area contributed by atoms with Gasteiger partial charge in [0.1, 0.15) is 29.7 Å². The van der Waals surface area contributed by atoms with Gasteiger partial charge in [-0.15, -0.1) is 0 Å². The first-order valence-electron chi connectivity index (χ1n) is 21.6. The Morgan fingerprint density at radius 3 is 1.70 bits per heavy atom. The summed E-state index contributed by atoms with van der Waals surface area (Å²) < 4.78 is 47.0. The maximum Gasteiger partial charge on any atom is 0.194 e. The Morgan fingerprint density at radius 1 is 0.651 bits per heavy atom. The number of halogens is 1. The van der Waals surface area contributed by atoms with Crippen LogP contribution >= 0.6 is 11.6 Å². The van der Waals surface area contributed by atoms with E-state index in [9.17, 15) is 0 Å². The molecule has 63 heavy (non-hydrogen) atoms. The average Bonchev–Trinajstić information content (AvgIpc) is 3.54. The highest BCUT2D eigenvalue weighted by Crippen LogP contribution is 2.43. The number of Topliss-reactive ketones (excluding diaryl/α,β-unsaturated/α-hetero) is 1. The van der Waals surface area contributed by atoms with Crippen molar-refractivity contribution in [1.82, 2.24) is 0 Å². The Labute approximate surface area is 377 Å². The molecule has 1 fully saturated rings. The molecule has 0 amide bonds. The predicted octanol–water partition coefficient (Wildman–Crippen LogP) is 11.4. The highest BCUT2D eigenvalue weighted by Gasteiger charge is 2.61. The summed E-state index contributed by atoms with van der Waals surface area (Å²) in [5, 5.41) is 0.546. The van der Waals surface area contributed by atoms with E-state index < -0.39 is 35.8 Å². The van der Waals surface area contributed by atoms with Gasteiger partial charge < -0.3 is 33.2 Å². The molecule has 0 bridgehead atoms. The molecule has 6 aromatic rings. The van der Waals surface area contributed by atoms with Crippen molar-refractivity contribution in [3.8, 4) is 5.75 Å². The van der Waals surface area contributed by atoms with Gasteiger partial charge in [0.05, 0.1) is 45.7 Å². The zero-order chi connectivity index (χ0) is 44.1. The molecule has 1 aliphatic heterocycles. The maximum atomic E-state index is 15.5. The van der Waals surface area contributed by atoms with E-state index in [1.54, 1.807) is 12.1 Å². The molecule has 1 saturated heterocycles. The second-order valence-corrected chi connectivity index (χ2v) is 16.7. The summed E-state index contributed by atoms with van der Waals surface area (Å²) in [7, 11) is 0. The molecule has 7 rings (SSSR count). The van der Waals surface area contributed by atoms with Crippen LogP contribution < -0.4 is 4.74 Å². The van der Waals surface area contributed by atoms with Gasteiger partial charge in [0.2, 0.25) is 0 Å². The van der Waals surface area contributed by atoms with E-state index in [-0.39, 0.29) is 32.2 Å². The maximum absolute atomic E-state index is 15.5.